The summed E-state index contributed by atoms with van der Waals surface area (Å²) in [7, 11) is -3.05. The molecule has 9 nitrogen and oxygen atoms in total. The molecule has 3 heterocycles. The molecular formula is C25H36N2O7Si. The van der Waals surface area contributed by atoms with Gasteiger partial charge in [-0.1, -0.05) is 71.9 Å². The van der Waals surface area contributed by atoms with Crippen molar-refractivity contribution in [1.29, 1.82) is 0 Å². The molecule has 5 atom stereocenters. The van der Waals surface area contributed by atoms with E-state index in [1.807, 2.05) is 30.3 Å². The Hall–Kier alpha value is -2.08. The number of aliphatic hydroxyl groups excluding tert-OH is 1. The zero-order valence-corrected chi connectivity index (χ0v) is 22.1. The van der Waals surface area contributed by atoms with Crippen LogP contribution in [0.3, 0.4) is 0 Å². The third-order valence-corrected chi connectivity index (χ3v) is 12.2. The van der Waals surface area contributed by atoms with Gasteiger partial charge in [-0.15, -0.1) is 0 Å². The van der Waals surface area contributed by atoms with E-state index in [2.05, 4.69) is 46.5 Å². The molecular weight excluding hydrogens is 468 g/mol. The monoisotopic (exact) mass is 504 g/mol. The Balaban J connectivity index is 1.83. The van der Waals surface area contributed by atoms with Crippen LogP contribution in [0.4, 0.5) is 0 Å². The predicted molar refractivity (Wildman–Crippen MR) is 132 cm³/mol. The molecule has 1 aromatic carbocycles. The van der Waals surface area contributed by atoms with Crippen LogP contribution in [0.5, 0.6) is 0 Å². The lowest BCUT2D eigenvalue weighted by atomic mass is 9.84. The highest BCUT2D eigenvalue weighted by Gasteiger charge is 2.70. The summed E-state index contributed by atoms with van der Waals surface area (Å²) in [6.45, 7) is 12.5. The molecule has 0 spiro atoms. The minimum Gasteiger partial charge on any atom is -0.391 e. The molecule has 0 aliphatic carbocycles. The van der Waals surface area contributed by atoms with Gasteiger partial charge in [0.1, 0.15) is 12.2 Å². The molecule has 4 rings (SSSR count). The quantitative estimate of drug-likeness (QED) is 0.546. The van der Waals surface area contributed by atoms with E-state index >= 15 is 0 Å². The van der Waals surface area contributed by atoms with Gasteiger partial charge in [-0.3, -0.25) is 14.3 Å². The molecule has 1 unspecified atom stereocenters. The van der Waals surface area contributed by atoms with Gasteiger partial charge in [0.15, 0.2) is 11.8 Å². The third kappa shape index (κ3) is 4.26. The van der Waals surface area contributed by atoms with Crippen LogP contribution < -0.4 is 11.2 Å². The summed E-state index contributed by atoms with van der Waals surface area (Å²) in [5.41, 5.74) is -2.50. The fourth-order valence-electron chi connectivity index (χ4n) is 5.66. The number of aromatic amines is 1. The molecule has 0 saturated carbocycles. The Bertz CT molecular complexity index is 1150. The molecule has 0 radical (unpaired) electrons. The molecule has 1 aromatic heterocycles. The largest absolute Gasteiger partial charge is 0.391 e. The third-order valence-electron chi connectivity index (χ3n) is 7.12. The second-order valence-corrected chi connectivity index (χ2v) is 16.4. The first kappa shape index (κ1) is 26.0. The van der Waals surface area contributed by atoms with E-state index in [4.69, 9.17) is 13.6 Å². The Morgan fingerprint density at radius 1 is 1.11 bits per heavy atom. The van der Waals surface area contributed by atoms with E-state index in [1.165, 1.54) is 12.3 Å². The Kier molecular flexibility index (Phi) is 6.53. The molecule has 0 bridgehead atoms. The molecule has 192 valence electrons. The molecule has 2 saturated heterocycles. The molecule has 2 fully saturated rings. The minimum atomic E-state index is -3.05. The molecule has 2 aliphatic rings. The van der Waals surface area contributed by atoms with Crippen molar-refractivity contribution in [3.05, 3.63) is 69.0 Å². The van der Waals surface area contributed by atoms with Crippen LogP contribution in [-0.2, 0) is 20.0 Å². The van der Waals surface area contributed by atoms with Crippen molar-refractivity contribution in [2.45, 2.75) is 88.2 Å². The number of hydrogen-bond donors (Lipinski definition) is 3. The van der Waals surface area contributed by atoms with E-state index in [0.717, 1.165) is 10.1 Å². The van der Waals surface area contributed by atoms with Crippen LogP contribution in [-0.4, -0.2) is 58.8 Å². The standard InChI is InChI=1S/C25H36N2O7Si/c1-23(2,3)35(24(4,5)6)32-15-17-20(34-35)25(31,18(28)14-16-10-8-7-9-11-16)21(33-17)27-13-12-19(29)26-22(27)30/h7-13,17-18,20-21,28,31H,14-15H2,1-6H3,(H,26,29,30)/t17-,18?,20-,21-,25-/m1/s1. The van der Waals surface area contributed by atoms with Crippen LogP contribution in [0, 0.1) is 0 Å². The Morgan fingerprint density at radius 3 is 2.31 bits per heavy atom. The normalized spacial score (nSPS) is 29.5. The number of hydrogen-bond acceptors (Lipinski definition) is 7. The first-order valence-corrected chi connectivity index (χ1v) is 13.8. The van der Waals surface area contributed by atoms with E-state index in [9.17, 15) is 19.8 Å². The topological polar surface area (TPSA) is 123 Å². The second-order valence-electron chi connectivity index (χ2n) is 11.6. The van der Waals surface area contributed by atoms with E-state index < -0.39 is 50.0 Å². The van der Waals surface area contributed by atoms with Gasteiger partial charge in [0.2, 0.25) is 0 Å². The van der Waals surface area contributed by atoms with Crippen LogP contribution in [0.2, 0.25) is 10.1 Å². The van der Waals surface area contributed by atoms with E-state index in [0.29, 0.717) is 0 Å². The summed E-state index contributed by atoms with van der Waals surface area (Å²) in [5, 5.41) is 23.1. The summed E-state index contributed by atoms with van der Waals surface area (Å²) in [5.74, 6) is 0. The predicted octanol–water partition coefficient (Wildman–Crippen LogP) is 2.23. The number of aromatic nitrogens is 2. The fourth-order valence-corrected chi connectivity index (χ4v) is 10.6. The number of rotatable bonds is 4. The maximum atomic E-state index is 12.7. The summed E-state index contributed by atoms with van der Waals surface area (Å²) in [4.78, 5) is 26.6. The van der Waals surface area contributed by atoms with Gasteiger partial charge >= 0.3 is 14.3 Å². The first-order valence-electron chi connectivity index (χ1n) is 11.9. The van der Waals surface area contributed by atoms with E-state index in [-0.39, 0.29) is 23.1 Å². The molecule has 35 heavy (non-hydrogen) atoms. The second kappa shape index (κ2) is 8.79. The number of benzene rings is 1. The zero-order valence-electron chi connectivity index (χ0n) is 21.1. The van der Waals surface area contributed by atoms with Gasteiger partial charge in [0.05, 0.1) is 12.7 Å². The van der Waals surface area contributed by atoms with Gasteiger partial charge in [-0.2, -0.15) is 0 Å². The van der Waals surface area contributed by atoms with Gasteiger partial charge in [0.25, 0.3) is 5.56 Å². The highest BCUT2D eigenvalue weighted by Crippen LogP contribution is 2.57. The molecule has 0 amide bonds. The van der Waals surface area contributed by atoms with Crippen molar-refractivity contribution >= 4 is 8.56 Å². The highest BCUT2D eigenvalue weighted by molar-refractivity contribution is 6.73. The SMILES string of the molecule is CC(C)(C)[Si]1(C(C)(C)C)OC[C@H]2O[C@@H](n3ccc(=O)[nH]c3=O)[C@@](O)(C(O)Cc3ccccc3)[C@@H]2O1. The number of H-pyrrole nitrogens is 1. The maximum Gasteiger partial charge on any atom is 0.349 e. The molecule has 3 N–H and O–H groups in total. The number of nitrogens with one attached hydrogen (secondary N) is 1. The smallest absolute Gasteiger partial charge is 0.349 e. The Labute approximate surface area is 205 Å². The highest BCUT2D eigenvalue weighted by atomic mass is 28.4. The van der Waals surface area contributed by atoms with Gasteiger partial charge in [-0.05, 0) is 5.56 Å². The minimum absolute atomic E-state index is 0.113. The lowest BCUT2D eigenvalue weighted by Gasteiger charge is -2.55. The molecule has 2 aromatic rings. The van der Waals surface area contributed by atoms with Crippen LogP contribution in [0.15, 0.2) is 52.2 Å². The van der Waals surface area contributed by atoms with Crippen molar-refractivity contribution in [3.63, 3.8) is 0 Å². The van der Waals surface area contributed by atoms with E-state index in [1.54, 1.807) is 0 Å². The fraction of sp³-hybridized carbons (Fsp3) is 0.600. The summed E-state index contributed by atoms with van der Waals surface area (Å²) < 4.78 is 20.6. The first-order chi connectivity index (χ1) is 16.2. The summed E-state index contributed by atoms with van der Waals surface area (Å²) in [6.07, 6.45) is -2.93. The molecule has 2 aliphatic heterocycles. The number of aliphatic hydroxyl groups is 2. The van der Waals surface area contributed by atoms with Crippen molar-refractivity contribution in [3.8, 4) is 0 Å². The molecule has 10 heteroatoms. The number of nitrogens with zero attached hydrogens (tertiary/aromatic N) is 1. The van der Waals surface area contributed by atoms with Crippen molar-refractivity contribution in [1.82, 2.24) is 9.55 Å². The van der Waals surface area contributed by atoms with Crippen molar-refractivity contribution < 1.29 is 23.8 Å². The average molecular weight is 505 g/mol. The number of fused-ring (bicyclic) bond motifs is 1. The van der Waals surface area contributed by atoms with Gasteiger partial charge < -0.3 is 23.8 Å². The lowest BCUT2D eigenvalue weighted by Crippen LogP contribution is -2.69. The average Bonchev–Trinajstić information content (AvgIpc) is 3.06. The number of ether oxygens (including phenoxy) is 1. The Morgan fingerprint density at radius 2 is 1.74 bits per heavy atom. The summed E-state index contributed by atoms with van der Waals surface area (Å²) in [6, 6.07) is 10.5. The van der Waals surface area contributed by atoms with Gasteiger partial charge in [0, 0.05) is 28.8 Å². The maximum absolute atomic E-state index is 12.7. The van der Waals surface area contributed by atoms with Crippen LogP contribution >= 0.6 is 0 Å². The lowest BCUT2D eigenvalue weighted by molar-refractivity contribution is -0.172. The van der Waals surface area contributed by atoms with Crippen LogP contribution in [0.25, 0.3) is 0 Å². The van der Waals surface area contributed by atoms with Gasteiger partial charge in [-0.25, -0.2) is 4.79 Å². The zero-order chi connectivity index (χ0) is 25.8. The van der Waals surface area contributed by atoms with Crippen molar-refractivity contribution in [2.24, 2.45) is 0 Å². The van der Waals surface area contributed by atoms with Crippen molar-refractivity contribution in [2.75, 3.05) is 6.61 Å². The summed E-state index contributed by atoms with van der Waals surface area (Å²) >= 11 is 0. The van der Waals surface area contributed by atoms with Crippen LogP contribution in [0.1, 0.15) is 53.3 Å².